The molecule has 0 aliphatic rings. The van der Waals surface area contributed by atoms with Crippen LogP contribution in [0.5, 0.6) is 0 Å². The predicted octanol–water partition coefficient (Wildman–Crippen LogP) is 2.92. The maximum absolute atomic E-state index is 4.49. The van der Waals surface area contributed by atoms with Crippen molar-refractivity contribution in [2.75, 3.05) is 6.54 Å². The summed E-state index contributed by atoms with van der Waals surface area (Å²) in [7, 11) is 0. The maximum Gasteiger partial charge on any atom is 0.0753 e. The van der Waals surface area contributed by atoms with Gasteiger partial charge in [-0.05, 0) is 31.5 Å². The van der Waals surface area contributed by atoms with Crippen LogP contribution in [0.2, 0.25) is 0 Å². The van der Waals surface area contributed by atoms with Gasteiger partial charge >= 0.3 is 0 Å². The molecule has 1 unspecified atom stereocenters. The zero-order valence-corrected chi connectivity index (χ0v) is 12.0. The van der Waals surface area contributed by atoms with E-state index in [0.717, 1.165) is 24.2 Å². The Kier molecular flexibility index (Phi) is 4.17. The summed E-state index contributed by atoms with van der Waals surface area (Å²) in [6.07, 6.45) is 8.01. The van der Waals surface area contributed by atoms with E-state index in [1.54, 1.807) is 18.6 Å². The van der Waals surface area contributed by atoms with Crippen molar-refractivity contribution in [2.24, 2.45) is 0 Å². The van der Waals surface area contributed by atoms with E-state index in [1.807, 2.05) is 12.3 Å². The molecule has 0 spiro atoms. The summed E-state index contributed by atoms with van der Waals surface area (Å²) in [5.41, 5.74) is 3.33. The third-order valence-electron chi connectivity index (χ3n) is 3.59. The van der Waals surface area contributed by atoms with Gasteiger partial charge in [0.1, 0.15) is 0 Å². The van der Waals surface area contributed by atoms with Gasteiger partial charge in [0.15, 0.2) is 0 Å². The standard InChI is InChI=1S/C17H18N4/c1-13(16-12-18-10-11-20-16)19-9-7-15-5-2-4-14-6-3-8-21-17(14)15/h2-6,8,10-13,19H,7,9H2,1H3. The number of benzene rings is 1. The summed E-state index contributed by atoms with van der Waals surface area (Å²) in [6.45, 7) is 2.98. The average molecular weight is 278 g/mol. The zero-order valence-electron chi connectivity index (χ0n) is 12.0. The number of pyridine rings is 1. The van der Waals surface area contributed by atoms with Gasteiger partial charge in [0.05, 0.1) is 11.2 Å². The van der Waals surface area contributed by atoms with Gasteiger partial charge in [-0.1, -0.05) is 24.3 Å². The van der Waals surface area contributed by atoms with Crippen LogP contribution >= 0.6 is 0 Å². The van der Waals surface area contributed by atoms with Crippen molar-refractivity contribution in [3.05, 3.63) is 66.4 Å². The van der Waals surface area contributed by atoms with Gasteiger partial charge in [0, 0.05) is 36.2 Å². The molecule has 2 heterocycles. The Morgan fingerprint density at radius 3 is 2.81 bits per heavy atom. The second-order valence-electron chi connectivity index (χ2n) is 5.05. The Morgan fingerprint density at radius 1 is 1.05 bits per heavy atom. The van der Waals surface area contributed by atoms with E-state index in [1.165, 1.54) is 10.9 Å². The first-order chi connectivity index (χ1) is 10.3. The van der Waals surface area contributed by atoms with Crippen LogP contribution in [0, 0.1) is 0 Å². The van der Waals surface area contributed by atoms with Crippen LogP contribution in [0.15, 0.2) is 55.1 Å². The van der Waals surface area contributed by atoms with Crippen molar-refractivity contribution in [3.63, 3.8) is 0 Å². The molecule has 3 aromatic rings. The second-order valence-corrected chi connectivity index (χ2v) is 5.05. The molecule has 2 aromatic heterocycles. The number of aromatic nitrogens is 3. The highest BCUT2D eigenvalue weighted by Gasteiger charge is 2.06. The molecule has 4 nitrogen and oxygen atoms in total. The van der Waals surface area contributed by atoms with Gasteiger partial charge in [0.2, 0.25) is 0 Å². The molecule has 0 aliphatic heterocycles. The Bertz CT molecular complexity index is 707. The fraction of sp³-hybridized carbons (Fsp3) is 0.235. The van der Waals surface area contributed by atoms with Crippen molar-refractivity contribution < 1.29 is 0 Å². The van der Waals surface area contributed by atoms with Crippen LogP contribution in [0.4, 0.5) is 0 Å². The number of nitrogens with zero attached hydrogens (tertiary/aromatic N) is 3. The highest BCUT2D eigenvalue weighted by Crippen LogP contribution is 2.16. The first kappa shape index (κ1) is 13.6. The highest BCUT2D eigenvalue weighted by atomic mass is 14.9. The van der Waals surface area contributed by atoms with Crippen LogP contribution in [0.25, 0.3) is 10.9 Å². The molecule has 0 fully saturated rings. The minimum atomic E-state index is 0.196. The SMILES string of the molecule is CC(NCCc1cccc2cccnc12)c1cnccn1. The molecule has 0 radical (unpaired) electrons. The quantitative estimate of drug-likeness (QED) is 0.779. The van der Waals surface area contributed by atoms with Crippen LogP contribution in [0.3, 0.4) is 0 Å². The molecule has 1 N–H and O–H groups in total. The van der Waals surface area contributed by atoms with Crippen LogP contribution < -0.4 is 5.32 Å². The van der Waals surface area contributed by atoms with Crippen molar-refractivity contribution in [2.45, 2.75) is 19.4 Å². The van der Waals surface area contributed by atoms with E-state index < -0.39 is 0 Å². The minimum Gasteiger partial charge on any atom is -0.308 e. The summed E-state index contributed by atoms with van der Waals surface area (Å²) in [5.74, 6) is 0. The monoisotopic (exact) mass is 278 g/mol. The Morgan fingerprint density at radius 2 is 1.95 bits per heavy atom. The summed E-state index contributed by atoms with van der Waals surface area (Å²) in [5, 5.41) is 4.67. The van der Waals surface area contributed by atoms with E-state index in [0.29, 0.717) is 0 Å². The summed E-state index contributed by atoms with van der Waals surface area (Å²) in [6, 6.07) is 10.6. The van der Waals surface area contributed by atoms with Crippen molar-refractivity contribution in [1.82, 2.24) is 20.3 Å². The third-order valence-corrected chi connectivity index (χ3v) is 3.59. The number of fused-ring (bicyclic) bond motifs is 1. The molecular weight excluding hydrogens is 260 g/mol. The van der Waals surface area contributed by atoms with E-state index in [-0.39, 0.29) is 6.04 Å². The Labute approximate surface area is 124 Å². The molecule has 1 aromatic carbocycles. The van der Waals surface area contributed by atoms with Gasteiger partial charge < -0.3 is 5.32 Å². The lowest BCUT2D eigenvalue weighted by molar-refractivity contribution is 0.562. The first-order valence-electron chi connectivity index (χ1n) is 7.16. The number of para-hydroxylation sites is 1. The number of nitrogens with one attached hydrogen (secondary N) is 1. The van der Waals surface area contributed by atoms with E-state index in [9.17, 15) is 0 Å². The molecule has 0 aliphatic carbocycles. The highest BCUT2D eigenvalue weighted by molar-refractivity contribution is 5.81. The van der Waals surface area contributed by atoms with Crippen LogP contribution in [-0.2, 0) is 6.42 Å². The summed E-state index contributed by atoms with van der Waals surface area (Å²) in [4.78, 5) is 12.9. The zero-order chi connectivity index (χ0) is 14.5. The number of hydrogen-bond acceptors (Lipinski definition) is 4. The summed E-state index contributed by atoms with van der Waals surface area (Å²) < 4.78 is 0. The van der Waals surface area contributed by atoms with E-state index >= 15 is 0 Å². The molecular formula is C17H18N4. The molecule has 4 heteroatoms. The van der Waals surface area contributed by atoms with Crippen LogP contribution in [0.1, 0.15) is 24.2 Å². The Hall–Kier alpha value is -2.33. The first-order valence-corrected chi connectivity index (χ1v) is 7.16. The van der Waals surface area contributed by atoms with Crippen molar-refractivity contribution in [1.29, 1.82) is 0 Å². The van der Waals surface area contributed by atoms with Gasteiger partial charge in [0.25, 0.3) is 0 Å². The fourth-order valence-corrected chi connectivity index (χ4v) is 2.43. The van der Waals surface area contributed by atoms with E-state index in [4.69, 9.17) is 0 Å². The molecule has 3 rings (SSSR count). The fourth-order valence-electron chi connectivity index (χ4n) is 2.43. The predicted molar refractivity (Wildman–Crippen MR) is 83.9 cm³/mol. The molecule has 21 heavy (non-hydrogen) atoms. The molecule has 106 valence electrons. The third kappa shape index (κ3) is 3.23. The topological polar surface area (TPSA) is 50.7 Å². The Balaban J connectivity index is 1.65. The molecule has 0 bridgehead atoms. The smallest absolute Gasteiger partial charge is 0.0753 e. The van der Waals surface area contributed by atoms with Crippen LogP contribution in [-0.4, -0.2) is 21.5 Å². The largest absolute Gasteiger partial charge is 0.308 e. The molecule has 0 saturated carbocycles. The lowest BCUT2D eigenvalue weighted by Crippen LogP contribution is -2.22. The number of hydrogen-bond donors (Lipinski definition) is 1. The van der Waals surface area contributed by atoms with Gasteiger partial charge in [-0.25, -0.2) is 0 Å². The van der Waals surface area contributed by atoms with Gasteiger partial charge in [-0.2, -0.15) is 0 Å². The number of rotatable bonds is 5. The normalized spacial score (nSPS) is 12.4. The van der Waals surface area contributed by atoms with Gasteiger partial charge in [-0.15, -0.1) is 0 Å². The van der Waals surface area contributed by atoms with Crippen molar-refractivity contribution >= 4 is 10.9 Å². The lowest BCUT2D eigenvalue weighted by Gasteiger charge is -2.13. The van der Waals surface area contributed by atoms with E-state index in [2.05, 4.69) is 51.5 Å². The van der Waals surface area contributed by atoms with Gasteiger partial charge in [-0.3, -0.25) is 15.0 Å². The second kappa shape index (κ2) is 6.41. The minimum absolute atomic E-state index is 0.196. The maximum atomic E-state index is 4.49. The van der Waals surface area contributed by atoms with Crippen molar-refractivity contribution in [3.8, 4) is 0 Å². The summed E-state index contributed by atoms with van der Waals surface area (Å²) >= 11 is 0. The lowest BCUT2D eigenvalue weighted by atomic mass is 10.1. The average Bonchev–Trinajstić information content (AvgIpc) is 2.56. The molecule has 0 saturated heterocycles. The molecule has 0 amide bonds. The molecule has 1 atom stereocenters.